The Balaban J connectivity index is 3.04. The van der Waals surface area contributed by atoms with Crippen LogP contribution in [0.4, 0.5) is 0 Å². The van der Waals surface area contributed by atoms with Crippen LogP contribution in [0.1, 0.15) is 17.3 Å². The molecule has 4 heteroatoms. The number of carbonyl (C=O) groups is 1. The molecule has 1 rings (SSSR count). The fourth-order valence-corrected chi connectivity index (χ4v) is 1.58. The lowest BCUT2D eigenvalue weighted by molar-refractivity contribution is 0.112. The van der Waals surface area contributed by atoms with Gasteiger partial charge < -0.3 is 4.74 Å². The minimum atomic E-state index is 0.322. The maximum absolute atomic E-state index is 10.8. The lowest BCUT2D eigenvalue weighted by Crippen LogP contribution is -2.01. The highest BCUT2D eigenvalue weighted by atomic mass is 35.5. The molecule has 0 heterocycles. The summed E-state index contributed by atoms with van der Waals surface area (Å²) in [6.45, 7) is 5.84. The number of rotatable bonds is 4. The van der Waals surface area contributed by atoms with Crippen LogP contribution in [0.25, 0.3) is 0 Å². The van der Waals surface area contributed by atoms with Gasteiger partial charge >= 0.3 is 0 Å². The topological polar surface area (TPSA) is 26.3 Å². The van der Waals surface area contributed by atoms with Crippen LogP contribution in [-0.2, 0) is 0 Å². The molecule has 0 spiro atoms. The molecule has 0 aromatic heterocycles. The molecule has 0 saturated heterocycles. The van der Waals surface area contributed by atoms with E-state index in [9.17, 15) is 4.79 Å². The normalized spacial score (nSPS) is 9.80. The summed E-state index contributed by atoms with van der Waals surface area (Å²) in [7, 11) is 0. The molecule has 0 amide bonds. The molecule has 0 bridgehead atoms. The van der Waals surface area contributed by atoms with Crippen LogP contribution in [0.15, 0.2) is 24.3 Å². The summed E-state index contributed by atoms with van der Waals surface area (Å²) >= 11 is 11.6. The average molecular weight is 245 g/mol. The van der Waals surface area contributed by atoms with Gasteiger partial charge in [-0.2, -0.15) is 0 Å². The van der Waals surface area contributed by atoms with Gasteiger partial charge in [0.1, 0.15) is 12.4 Å². The van der Waals surface area contributed by atoms with Crippen molar-refractivity contribution in [3.63, 3.8) is 0 Å². The second-order valence-electron chi connectivity index (χ2n) is 3.17. The third-order valence-electron chi connectivity index (χ3n) is 1.63. The number of ether oxygens (including phenoxy) is 1. The third-order valence-corrected chi connectivity index (χ3v) is 2.13. The highest BCUT2D eigenvalue weighted by molar-refractivity contribution is 6.36. The molecule has 0 aliphatic heterocycles. The van der Waals surface area contributed by atoms with Gasteiger partial charge in [0, 0.05) is 5.02 Å². The van der Waals surface area contributed by atoms with Crippen molar-refractivity contribution in [3.8, 4) is 5.75 Å². The van der Waals surface area contributed by atoms with Gasteiger partial charge in [-0.1, -0.05) is 29.8 Å². The number of benzene rings is 1. The van der Waals surface area contributed by atoms with Crippen molar-refractivity contribution in [3.05, 3.63) is 39.9 Å². The highest BCUT2D eigenvalue weighted by Crippen LogP contribution is 2.31. The van der Waals surface area contributed by atoms with Gasteiger partial charge in [0.05, 0.1) is 10.6 Å². The van der Waals surface area contributed by atoms with E-state index in [1.54, 1.807) is 0 Å². The van der Waals surface area contributed by atoms with E-state index in [0.29, 0.717) is 34.3 Å². The second kappa shape index (κ2) is 5.19. The van der Waals surface area contributed by atoms with E-state index in [1.807, 2.05) is 6.92 Å². The summed E-state index contributed by atoms with van der Waals surface area (Å²) in [5.41, 5.74) is 1.19. The van der Waals surface area contributed by atoms with Crippen LogP contribution in [0.5, 0.6) is 5.75 Å². The maximum atomic E-state index is 10.8. The van der Waals surface area contributed by atoms with Crippen LogP contribution in [0, 0.1) is 0 Å². The molecule has 0 radical (unpaired) electrons. The van der Waals surface area contributed by atoms with Crippen molar-refractivity contribution in [2.24, 2.45) is 0 Å². The molecule has 1 aromatic rings. The Morgan fingerprint density at radius 2 is 2.20 bits per heavy atom. The minimum absolute atomic E-state index is 0.322. The Morgan fingerprint density at radius 3 is 2.73 bits per heavy atom. The molecule has 0 unspecified atom stereocenters. The summed E-state index contributed by atoms with van der Waals surface area (Å²) in [6, 6.07) is 3.04. The van der Waals surface area contributed by atoms with Crippen molar-refractivity contribution in [2.45, 2.75) is 6.92 Å². The van der Waals surface area contributed by atoms with Gasteiger partial charge in [-0.15, -0.1) is 0 Å². The zero-order chi connectivity index (χ0) is 11.4. The van der Waals surface area contributed by atoms with Crippen molar-refractivity contribution in [1.29, 1.82) is 0 Å². The van der Waals surface area contributed by atoms with Gasteiger partial charge in [-0.3, -0.25) is 4.79 Å². The number of hydrogen-bond donors (Lipinski definition) is 0. The van der Waals surface area contributed by atoms with Gasteiger partial charge in [0.25, 0.3) is 0 Å². The van der Waals surface area contributed by atoms with Crippen molar-refractivity contribution in [1.82, 2.24) is 0 Å². The second-order valence-corrected chi connectivity index (χ2v) is 4.01. The molecular weight excluding hydrogens is 235 g/mol. The average Bonchev–Trinajstić information content (AvgIpc) is 2.14. The molecule has 15 heavy (non-hydrogen) atoms. The molecule has 0 fully saturated rings. The fraction of sp³-hybridized carbons (Fsp3) is 0.182. The summed E-state index contributed by atoms with van der Waals surface area (Å²) in [5, 5.41) is 0.732. The summed E-state index contributed by atoms with van der Waals surface area (Å²) in [5.74, 6) is 0.346. The van der Waals surface area contributed by atoms with Gasteiger partial charge in [-0.25, -0.2) is 0 Å². The molecule has 1 aromatic carbocycles. The maximum Gasteiger partial charge on any atom is 0.153 e. The van der Waals surface area contributed by atoms with Crippen LogP contribution >= 0.6 is 23.2 Å². The lowest BCUT2D eigenvalue weighted by Gasteiger charge is -2.10. The first-order valence-electron chi connectivity index (χ1n) is 4.26. The molecule has 0 saturated carbocycles. The smallest absolute Gasteiger partial charge is 0.153 e. The first-order chi connectivity index (χ1) is 7.04. The molecule has 80 valence electrons. The van der Waals surface area contributed by atoms with Gasteiger partial charge in [0.15, 0.2) is 6.29 Å². The Kier molecular flexibility index (Phi) is 4.18. The van der Waals surface area contributed by atoms with Gasteiger partial charge in [0.2, 0.25) is 0 Å². The fourth-order valence-electron chi connectivity index (χ4n) is 1.02. The van der Waals surface area contributed by atoms with Crippen molar-refractivity contribution in [2.75, 3.05) is 6.61 Å². The standard InChI is InChI=1S/C11H10Cl2O2/c1-7(2)6-15-11-8(5-14)3-9(12)4-10(11)13/h3-5H,1,6H2,2H3. The van der Waals surface area contributed by atoms with E-state index in [-0.39, 0.29) is 0 Å². The molecular formula is C11H10Cl2O2. The number of hydrogen-bond acceptors (Lipinski definition) is 2. The predicted molar refractivity (Wildman–Crippen MR) is 62.2 cm³/mol. The van der Waals surface area contributed by atoms with E-state index in [0.717, 1.165) is 5.57 Å². The number of carbonyl (C=O) groups excluding carboxylic acids is 1. The van der Waals surface area contributed by atoms with Crippen LogP contribution < -0.4 is 4.74 Å². The Hall–Kier alpha value is -0.990. The summed E-state index contributed by atoms with van der Waals surface area (Å²) in [4.78, 5) is 10.8. The molecule has 0 aliphatic rings. The zero-order valence-corrected chi connectivity index (χ0v) is 9.73. The largest absolute Gasteiger partial charge is 0.487 e. The zero-order valence-electron chi connectivity index (χ0n) is 8.22. The predicted octanol–water partition coefficient (Wildman–Crippen LogP) is 3.76. The van der Waals surface area contributed by atoms with Crippen molar-refractivity contribution >= 4 is 29.5 Å². The Morgan fingerprint density at radius 1 is 1.53 bits per heavy atom. The molecule has 0 N–H and O–H groups in total. The highest BCUT2D eigenvalue weighted by Gasteiger charge is 2.09. The monoisotopic (exact) mass is 244 g/mol. The van der Waals surface area contributed by atoms with E-state index in [2.05, 4.69) is 6.58 Å². The quantitative estimate of drug-likeness (QED) is 0.596. The first-order valence-corrected chi connectivity index (χ1v) is 5.01. The molecule has 0 aliphatic carbocycles. The van der Waals surface area contributed by atoms with Crippen LogP contribution in [0.2, 0.25) is 10.0 Å². The van der Waals surface area contributed by atoms with Gasteiger partial charge in [-0.05, 0) is 24.6 Å². The first kappa shape index (κ1) is 12.1. The van der Waals surface area contributed by atoms with Crippen LogP contribution in [-0.4, -0.2) is 12.9 Å². The Labute approximate surface area is 98.4 Å². The number of aldehydes is 1. The van der Waals surface area contributed by atoms with Crippen LogP contribution in [0.3, 0.4) is 0 Å². The summed E-state index contributed by atoms with van der Waals surface area (Å²) < 4.78 is 5.35. The third kappa shape index (κ3) is 3.26. The minimum Gasteiger partial charge on any atom is -0.487 e. The molecule has 2 nitrogen and oxygen atoms in total. The Bertz CT molecular complexity index is 400. The van der Waals surface area contributed by atoms with Crippen molar-refractivity contribution < 1.29 is 9.53 Å². The number of halogens is 2. The van der Waals surface area contributed by atoms with E-state index >= 15 is 0 Å². The van der Waals surface area contributed by atoms with E-state index in [4.69, 9.17) is 27.9 Å². The molecule has 0 atom stereocenters. The summed E-state index contributed by atoms with van der Waals surface area (Å²) in [6.07, 6.45) is 0.658. The van der Waals surface area contributed by atoms with E-state index in [1.165, 1.54) is 12.1 Å². The lowest BCUT2D eigenvalue weighted by atomic mass is 10.2. The SMILES string of the molecule is C=C(C)COc1c(Cl)cc(Cl)cc1C=O. The van der Waals surface area contributed by atoms with E-state index < -0.39 is 0 Å².